The van der Waals surface area contributed by atoms with Crippen molar-refractivity contribution in [2.75, 3.05) is 6.54 Å². The van der Waals surface area contributed by atoms with Crippen molar-refractivity contribution in [1.29, 1.82) is 0 Å². The summed E-state index contributed by atoms with van der Waals surface area (Å²) in [5.74, 6) is -1.26. The maximum Gasteiger partial charge on any atom is 0.269 e. The van der Waals surface area contributed by atoms with Gasteiger partial charge >= 0.3 is 0 Å². The second-order valence-corrected chi connectivity index (χ2v) is 7.60. The second kappa shape index (κ2) is 8.84. The van der Waals surface area contributed by atoms with E-state index in [1.165, 1.54) is 12.1 Å². The van der Waals surface area contributed by atoms with E-state index in [-0.39, 0.29) is 16.6 Å². The molecule has 0 radical (unpaired) electrons. The van der Waals surface area contributed by atoms with Gasteiger partial charge in [-0.05, 0) is 41.5 Å². The molecule has 1 amide bonds. The number of amides is 1. The zero-order valence-electron chi connectivity index (χ0n) is 14.8. The van der Waals surface area contributed by atoms with Crippen LogP contribution in [-0.4, -0.2) is 32.6 Å². The largest absolute Gasteiger partial charge is 0.548 e. The van der Waals surface area contributed by atoms with Crippen molar-refractivity contribution >= 4 is 51.9 Å². The molecule has 3 rings (SSSR count). The van der Waals surface area contributed by atoms with Crippen LogP contribution in [0.4, 0.5) is 5.69 Å². The summed E-state index contributed by atoms with van der Waals surface area (Å²) in [4.78, 5) is 34.5. The van der Waals surface area contributed by atoms with E-state index in [4.69, 9.17) is 17.0 Å². The minimum absolute atomic E-state index is 0.0168. The Balaban J connectivity index is 1.62. The van der Waals surface area contributed by atoms with Gasteiger partial charge in [-0.15, -0.1) is 0 Å². The zero-order valence-corrected chi connectivity index (χ0v) is 16.4. The number of nitro groups is 1. The molecule has 0 atom stereocenters. The van der Waals surface area contributed by atoms with Crippen molar-refractivity contribution < 1.29 is 24.4 Å². The average Bonchev–Trinajstić information content (AvgIpc) is 2.95. The molecule has 0 aromatic heterocycles. The first-order chi connectivity index (χ1) is 13.8. The Kier molecular flexibility index (Phi) is 6.25. The van der Waals surface area contributed by atoms with Gasteiger partial charge in [0.1, 0.15) is 16.7 Å². The first kappa shape index (κ1) is 20.5. The highest BCUT2D eigenvalue weighted by Crippen LogP contribution is 2.32. The molecule has 10 heteroatoms. The number of hydrogen-bond donors (Lipinski definition) is 0. The van der Waals surface area contributed by atoms with Gasteiger partial charge in [0.25, 0.3) is 11.6 Å². The number of nitro benzene ring substituents is 1. The van der Waals surface area contributed by atoms with Gasteiger partial charge in [0.15, 0.2) is 0 Å². The van der Waals surface area contributed by atoms with Crippen molar-refractivity contribution in [3.8, 4) is 5.75 Å². The standard InChI is InChI=1S/C19H14N2O6S2/c22-17(23)10-20-18(24)16(29-19(20)28)9-12-3-7-15(8-4-12)27-11-13-1-5-14(6-2-13)21(25)26/h1-9H,10-11H2,(H,22,23)/p-1. The highest BCUT2D eigenvalue weighted by molar-refractivity contribution is 8.26. The number of non-ortho nitro benzene ring substituents is 1. The molecule has 148 valence electrons. The quantitative estimate of drug-likeness (QED) is 0.285. The van der Waals surface area contributed by atoms with E-state index in [9.17, 15) is 24.8 Å². The van der Waals surface area contributed by atoms with Crippen molar-refractivity contribution in [3.63, 3.8) is 0 Å². The highest BCUT2D eigenvalue weighted by Gasteiger charge is 2.31. The Morgan fingerprint density at radius 2 is 1.83 bits per heavy atom. The number of aliphatic carboxylic acids is 1. The third kappa shape index (κ3) is 5.18. The number of carboxylic acids is 1. The van der Waals surface area contributed by atoms with E-state index in [1.807, 2.05) is 0 Å². The number of ether oxygens (including phenoxy) is 1. The van der Waals surface area contributed by atoms with Crippen LogP contribution in [0.15, 0.2) is 53.4 Å². The van der Waals surface area contributed by atoms with Crippen LogP contribution >= 0.6 is 24.0 Å². The monoisotopic (exact) mass is 429 g/mol. The maximum atomic E-state index is 12.2. The maximum absolute atomic E-state index is 12.2. The fraction of sp³-hybridized carbons (Fsp3) is 0.105. The van der Waals surface area contributed by atoms with E-state index in [1.54, 1.807) is 42.5 Å². The second-order valence-electron chi connectivity index (χ2n) is 5.92. The Hall–Kier alpha value is -3.24. The molecule has 0 spiro atoms. The SMILES string of the molecule is O=C([O-])CN1C(=O)C(=Cc2ccc(OCc3ccc([N+](=O)[O-])cc3)cc2)SC1=S. The molecular weight excluding hydrogens is 416 g/mol. The van der Waals surface area contributed by atoms with Gasteiger partial charge in [0, 0.05) is 12.1 Å². The van der Waals surface area contributed by atoms with Crippen LogP contribution in [0.25, 0.3) is 6.08 Å². The van der Waals surface area contributed by atoms with Gasteiger partial charge in [0.2, 0.25) is 0 Å². The molecule has 0 N–H and O–H groups in total. The van der Waals surface area contributed by atoms with Crippen LogP contribution in [0.1, 0.15) is 11.1 Å². The summed E-state index contributed by atoms with van der Waals surface area (Å²) in [5.41, 5.74) is 1.53. The van der Waals surface area contributed by atoms with Crippen molar-refractivity contribution in [3.05, 3.63) is 74.7 Å². The van der Waals surface area contributed by atoms with Gasteiger partial charge in [-0.25, -0.2) is 0 Å². The predicted molar refractivity (Wildman–Crippen MR) is 109 cm³/mol. The number of nitrogens with zero attached hydrogens (tertiary/aromatic N) is 2. The number of thioether (sulfide) groups is 1. The van der Waals surface area contributed by atoms with Crippen LogP contribution in [-0.2, 0) is 16.2 Å². The zero-order chi connectivity index (χ0) is 21.0. The van der Waals surface area contributed by atoms with Gasteiger partial charge in [-0.3, -0.25) is 19.8 Å². The number of carbonyl (C=O) groups is 2. The number of rotatable bonds is 7. The Labute approximate surface area is 174 Å². The molecule has 2 aromatic rings. The van der Waals surface area contributed by atoms with Crippen LogP contribution < -0.4 is 9.84 Å². The molecule has 1 fully saturated rings. The molecule has 0 saturated carbocycles. The lowest BCUT2D eigenvalue weighted by Crippen LogP contribution is -2.40. The van der Waals surface area contributed by atoms with Gasteiger partial charge < -0.3 is 14.6 Å². The summed E-state index contributed by atoms with van der Waals surface area (Å²) >= 11 is 6.06. The first-order valence-electron chi connectivity index (χ1n) is 8.25. The molecule has 8 nitrogen and oxygen atoms in total. The van der Waals surface area contributed by atoms with E-state index in [0.717, 1.165) is 27.8 Å². The van der Waals surface area contributed by atoms with Crippen molar-refractivity contribution in [2.24, 2.45) is 0 Å². The summed E-state index contributed by atoms with van der Waals surface area (Å²) in [5, 5.41) is 21.4. The number of carbonyl (C=O) groups excluding carboxylic acids is 2. The van der Waals surface area contributed by atoms with Crippen LogP contribution in [0.2, 0.25) is 0 Å². The third-order valence-corrected chi connectivity index (χ3v) is 5.27. The van der Waals surface area contributed by atoms with Gasteiger partial charge in [0.05, 0.1) is 22.3 Å². The number of thiocarbonyl (C=S) groups is 1. The fourth-order valence-electron chi connectivity index (χ4n) is 2.46. The Morgan fingerprint density at radius 3 is 2.41 bits per heavy atom. The summed E-state index contributed by atoms with van der Waals surface area (Å²) in [6.07, 6.45) is 1.62. The molecule has 0 aliphatic carbocycles. The van der Waals surface area contributed by atoms with E-state index in [0.29, 0.717) is 10.7 Å². The predicted octanol–water partition coefficient (Wildman–Crippen LogP) is 2.12. The Morgan fingerprint density at radius 1 is 1.17 bits per heavy atom. The van der Waals surface area contributed by atoms with Crippen molar-refractivity contribution in [2.45, 2.75) is 6.61 Å². The minimum Gasteiger partial charge on any atom is -0.548 e. The molecule has 2 aromatic carbocycles. The molecule has 1 aliphatic heterocycles. The molecular formula is C19H13N2O6S2-. The lowest BCUT2D eigenvalue weighted by atomic mass is 10.2. The van der Waals surface area contributed by atoms with E-state index < -0.39 is 23.3 Å². The number of benzene rings is 2. The average molecular weight is 429 g/mol. The van der Waals surface area contributed by atoms with Gasteiger partial charge in [-0.1, -0.05) is 36.1 Å². The van der Waals surface area contributed by atoms with Gasteiger partial charge in [-0.2, -0.15) is 0 Å². The summed E-state index contributed by atoms with van der Waals surface area (Å²) < 4.78 is 5.83. The minimum atomic E-state index is -1.38. The third-order valence-electron chi connectivity index (χ3n) is 3.89. The van der Waals surface area contributed by atoms with Crippen LogP contribution in [0.5, 0.6) is 5.75 Å². The highest BCUT2D eigenvalue weighted by atomic mass is 32.2. The Bertz CT molecular complexity index is 1000. The van der Waals surface area contributed by atoms with E-state index >= 15 is 0 Å². The van der Waals surface area contributed by atoms with Crippen molar-refractivity contribution in [1.82, 2.24) is 4.90 Å². The van der Waals surface area contributed by atoms with Crippen LogP contribution in [0, 0.1) is 10.1 Å². The molecule has 29 heavy (non-hydrogen) atoms. The van der Waals surface area contributed by atoms with Crippen LogP contribution in [0.3, 0.4) is 0 Å². The first-order valence-corrected chi connectivity index (χ1v) is 9.47. The molecule has 0 unspecified atom stereocenters. The lowest BCUT2D eigenvalue weighted by Gasteiger charge is -2.14. The molecule has 1 aliphatic rings. The van der Waals surface area contributed by atoms with E-state index in [2.05, 4.69) is 0 Å². The molecule has 0 bridgehead atoms. The smallest absolute Gasteiger partial charge is 0.269 e. The lowest BCUT2D eigenvalue weighted by molar-refractivity contribution is -0.384. The summed E-state index contributed by atoms with van der Waals surface area (Å²) in [7, 11) is 0. The molecule has 1 saturated heterocycles. The summed E-state index contributed by atoms with van der Waals surface area (Å²) in [6.45, 7) is -0.323. The molecule has 1 heterocycles. The number of hydrogen-bond acceptors (Lipinski definition) is 8. The topological polar surface area (TPSA) is 113 Å². The number of carboxylic acid groups (broad SMARTS) is 1. The fourth-order valence-corrected chi connectivity index (χ4v) is 3.71. The normalized spacial score (nSPS) is 15.0. The summed E-state index contributed by atoms with van der Waals surface area (Å²) in [6, 6.07) is 13.0.